The van der Waals surface area contributed by atoms with Gasteiger partial charge in [0.15, 0.2) is 11.2 Å². The summed E-state index contributed by atoms with van der Waals surface area (Å²) in [5.41, 5.74) is 7.15. The third kappa shape index (κ3) is 4.29. The van der Waals surface area contributed by atoms with Crippen molar-refractivity contribution in [2.24, 2.45) is 12.8 Å². The molecule has 0 saturated heterocycles. The predicted octanol–water partition coefficient (Wildman–Crippen LogP) is 2.67. The average Bonchev–Trinajstić information content (AvgIpc) is 3.15. The number of aryl methyl sites for hydroxylation is 1. The zero-order valence-electron chi connectivity index (χ0n) is 17.4. The summed E-state index contributed by atoms with van der Waals surface area (Å²) >= 11 is 12.0. The van der Waals surface area contributed by atoms with Gasteiger partial charge in [-0.05, 0) is 35.4 Å². The number of fused-ring (bicyclic) bond motifs is 1. The maximum absolute atomic E-state index is 13.5. The number of halogens is 2. The second kappa shape index (κ2) is 9.20. The van der Waals surface area contributed by atoms with Crippen molar-refractivity contribution in [1.82, 2.24) is 18.7 Å². The number of hydrogen-bond donors (Lipinski definition) is 2. The van der Waals surface area contributed by atoms with Gasteiger partial charge < -0.3 is 11.1 Å². The van der Waals surface area contributed by atoms with E-state index in [1.165, 1.54) is 9.13 Å². The van der Waals surface area contributed by atoms with Gasteiger partial charge in [0.1, 0.15) is 0 Å². The molecule has 2 aromatic heterocycles. The van der Waals surface area contributed by atoms with E-state index in [0.29, 0.717) is 46.8 Å². The number of imidazole rings is 1. The molecular formula is C22H22Cl2N6O2. The van der Waals surface area contributed by atoms with Crippen LogP contribution in [0.3, 0.4) is 0 Å². The normalized spacial score (nSPS) is 11.2. The topological polar surface area (TPSA) is 99.9 Å². The van der Waals surface area contributed by atoms with Crippen molar-refractivity contribution in [3.05, 3.63) is 90.5 Å². The minimum atomic E-state index is -0.445. The van der Waals surface area contributed by atoms with E-state index in [-0.39, 0.29) is 6.54 Å². The molecule has 2 heterocycles. The largest absolute Gasteiger partial charge is 0.354 e. The molecule has 0 radical (unpaired) electrons. The van der Waals surface area contributed by atoms with Crippen LogP contribution >= 0.6 is 23.2 Å². The maximum Gasteiger partial charge on any atom is 0.332 e. The Kier molecular flexibility index (Phi) is 6.36. The first-order chi connectivity index (χ1) is 15.4. The van der Waals surface area contributed by atoms with E-state index in [0.717, 1.165) is 11.1 Å². The molecule has 0 aliphatic carbocycles. The van der Waals surface area contributed by atoms with E-state index >= 15 is 0 Å². The van der Waals surface area contributed by atoms with Crippen LogP contribution < -0.4 is 22.3 Å². The zero-order chi connectivity index (χ0) is 22.8. The Morgan fingerprint density at radius 2 is 1.44 bits per heavy atom. The van der Waals surface area contributed by atoms with Gasteiger partial charge in [-0.25, -0.2) is 4.79 Å². The first kappa shape index (κ1) is 22.1. The lowest BCUT2D eigenvalue weighted by atomic mass is 10.2. The minimum absolute atomic E-state index is 0.121. The summed E-state index contributed by atoms with van der Waals surface area (Å²) in [7, 11) is 1.61. The van der Waals surface area contributed by atoms with Crippen molar-refractivity contribution in [3.63, 3.8) is 0 Å². The Morgan fingerprint density at radius 1 is 0.906 bits per heavy atom. The second-order valence-corrected chi connectivity index (χ2v) is 8.27. The monoisotopic (exact) mass is 472 g/mol. The summed E-state index contributed by atoms with van der Waals surface area (Å²) in [5.74, 6) is 0.469. The van der Waals surface area contributed by atoms with Crippen molar-refractivity contribution < 1.29 is 0 Å². The number of nitrogens with two attached hydrogens (primary N) is 1. The predicted molar refractivity (Wildman–Crippen MR) is 128 cm³/mol. The molecule has 0 unspecified atom stereocenters. The molecule has 2 aromatic carbocycles. The lowest BCUT2D eigenvalue weighted by Gasteiger charge is -2.12. The number of nitrogens with one attached hydrogen (secondary N) is 1. The Morgan fingerprint density at radius 3 is 1.97 bits per heavy atom. The Hall–Kier alpha value is -3.07. The van der Waals surface area contributed by atoms with E-state index in [2.05, 4.69) is 10.3 Å². The van der Waals surface area contributed by atoms with Gasteiger partial charge in [0.05, 0.1) is 13.1 Å². The van der Waals surface area contributed by atoms with Crippen LogP contribution in [0.15, 0.2) is 58.1 Å². The van der Waals surface area contributed by atoms with Crippen molar-refractivity contribution in [3.8, 4) is 0 Å². The summed E-state index contributed by atoms with van der Waals surface area (Å²) in [6, 6.07) is 14.4. The van der Waals surface area contributed by atoms with E-state index in [1.807, 2.05) is 12.1 Å². The van der Waals surface area contributed by atoms with Crippen LogP contribution in [0.25, 0.3) is 11.2 Å². The van der Waals surface area contributed by atoms with Crippen LogP contribution in [0, 0.1) is 0 Å². The third-order valence-corrected chi connectivity index (χ3v) is 5.67. The quantitative estimate of drug-likeness (QED) is 0.430. The molecule has 0 bridgehead atoms. The van der Waals surface area contributed by atoms with Gasteiger partial charge in [0, 0.05) is 30.2 Å². The second-order valence-electron chi connectivity index (χ2n) is 7.40. The summed E-state index contributed by atoms with van der Waals surface area (Å²) in [5, 5.41) is 4.36. The standard InChI is InChI=1S/C22H22Cl2N6O2/c1-28-19-18(20(31)30(22(28)32)13-15-4-8-17(24)9-5-15)29(21(27-19)26-11-10-25)12-14-2-6-16(23)7-3-14/h2-9H,10-13,25H2,1H3,(H,26,27). The molecule has 0 saturated carbocycles. The van der Waals surface area contributed by atoms with Crippen LogP contribution in [-0.2, 0) is 20.1 Å². The molecular weight excluding hydrogens is 451 g/mol. The molecule has 8 nitrogen and oxygen atoms in total. The molecule has 3 N–H and O–H groups in total. The molecule has 0 aliphatic rings. The van der Waals surface area contributed by atoms with Crippen LogP contribution in [0.2, 0.25) is 10.0 Å². The summed E-state index contributed by atoms with van der Waals surface area (Å²) in [4.78, 5) is 31.1. The highest BCUT2D eigenvalue weighted by Crippen LogP contribution is 2.19. The number of anilines is 1. The van der Waals surface area contributed by atoms with Crippen molar-refractivity contribution in [2.75, 3.05) is 18.4 Å². The fraction of sp³-hybridized carbons (Fsp3) is 0.227. The number of aromatic nitrogens is 4. The van der Waals surface area contributed by atoms with Gasteiger partial charge in [0.2, 0.25) is 5.95 Å². The Bertz CT molecular complexity index is 1370. The lowest BCUT2D eigenvalue weighted by Crippen LogP contribution is -2.40. The van der Waals surface area contributed by atoms with E-state index in [1.54, 1.807) is 48.0 Å². The highest BCUT2D eigenvalue weighted by molar-refractivity contribution is 6.30. The molecule has 0 fully saturated rings. The fourth-order valence-electron chi connectivity index (χ4n) is 3.53. The molecule has 0 amide bonds. The third-order valence-electron chi connectivity index (χ3n) is 5.17. The Balaban J connectivity index is 1.90. The molecule has 0 aliphatic heterocycles. The molecule has 0 atom stereocenters. The molecule has 32 heavy (non-hydrogen) atoms. The number of hydrogen-bond acceptors (Lipinski definition) is 5. The molecule has 4 rings (SSSR count). The van der Waals surface area contributed by atoms with Crippen LogP contribution in [-0.4, -0.2) is 31.8 Å². The maximum atomic E-state index is 13.5. The lowest BCUT2D eigenvalue weighted by molar-refractivity contribution is 0.653. The average molecular weight is 473 g/mol. The van der Waals surface area contributed by atoms with Gasteiger partial charge in [-0.2, -0.15) is 4.98 Å². The first-order valence-electron chi connectivity index (χ1n) is 10.0. The smallest absolute Gasteiger partial charge is 0.332 e. The van der Waals surface area contributed by atoms with Gasteiger partial charge in [-0.15, -0.1) is 0 Å². The van der Waals surface area contributed by atoms with Crippen LogP contribution in [0.5, 0.6) is 0 Å². The molecule has 4 aromatic rings. The zero-order valence-corrected chi connectivity index (χ0v) is 18.9. The Labute approximate surface area is 193 Å². The van der Waals surface area contributed by atoms with E-state index in [4.69, 9.17) is 28.9 Å². The van der Waals surface area contributed by atoms with Crippen LogP contribution in [0.4, 0.5) is 5.95 Å². The molecule has 10 heteroatoms. The highest BCUT2D eigenvalue weighted by atomic mass is 35.5. The first-order valence-corrected chi connectivity index (χ1v) is 10.8. The van der Waals surface area contributed by atoms with Crippen LogP contribution in [0.1, 0.15) is 11.1 Å². The summed E-state index contributed by atoms with van der Waals surface area (Å²) in [6.07, 6.45) is 0. The van der Waals surface area contributed by atoms with Gasteiger partial charge in [-0.3, -0.25) is 18.5 Å². The fourth-order valence-corrected chi connectivity index (χ4v) is 3.78. The molecule has 0 spiro atoms. The minimum Gasteiger partial charge on any atom is -0.354 e. The molecule has 166 valence electrons. The van der Waals surface area contributed by atoms with Crippen molar-refractivity contribution in [2.45, 2.75) is 13.1 Å². The number of rotatable bonds is 7. The summed E-state index contributed by atoms with van der Waals surface area (Å²) < 4.78 is 4.37. The van der Waals surface area contributed by atoms with E-state index < -0.39 is 11.2 Å². The van der Waals surface area contributed by atoms with Gasteiger partial charge >= 0.3 is 5.69 Å². The van der Waals surface area contributed by atoms with E-state index in [9.17, 15) is 9.59 Å². The van der Waals surface area contributed by atoms with Gasteiger partial charge in [0.25, 0.3) is 5.56 Å². The van der Waals surface area contributed by atoms with Gasteiger partial charge in [-0.1, -0.05) is 47.5 Å². The summed E-state index contributed by atoms with van der Waals surface area (Å²) in [6.45, 7) is 1.35. The number of benzene rings is 2. The number of nitrogens with zero attached hydrogens (tertiary/aromatic N) is 4. The highest BCUT2D eigenvalue weighted by Gasteiger charge is 2.20. The van der Waals surface area contributed by atoms with Crippen molar-refractivity contribution in [1.29, 1.82) is 0 Å². The van der Waals surface area contributed by atoms with Crippen molar-refractivity contribution >= 4 is 40.3 Å². The SMILES string of the molecule is Cn1c(=O)n(Cc2ccc(Cl)cc2)c(=O)c2c1nc(NCCN)n2Cc1ccc(Cl)cc1.